The number of benzene rings is 12. The van der Waals surface area contributed by atoms with Crippen LogP contribution in [0.4, 0.5) is 0 Å². The fourth-order valence-corrected chi connectivity index (χ4v) is 11.0. The van der Waals surface area contributed by atoms with Crippen molar-refractivity contribution in [3.8, 4) is 73.0 Å². The second-order valence-corrected chi connectivity index (χ2v) is 18.5. The van der Waals surface area contributed by atoms with Crippen LogP contribution in [-0.4, -0.2) is 14.5 Å². The molecule has 3 heteroatoms. The molecule has 0 fully saturated rings. The Labute approximate surface area is 411 Å². The molecule has 12 aromatic carbocycles. The Balaban J connectivity index is 0.814. The third kappa shape index (κ3) is 6.89. The highest BCUT2D eigenvalue weighted by molar-refractivity contribution is 6.23. The molecule has 2 heterocycles. The number of hydrogen-bond donors (Lipinski definition) is 0. The second kappa shape index (κ2) is 16.7. The monoisotopic (exact) mass is 901 g/mol. The lowest BCUT2D eigenvalue weighted by Gasteiger charge is -2.17. The van der Waals surface area contributed by atoms with Crippen molar-refractivity contribution in [1.29, 1.82) is 0 Å². The van der Waals surface area contributed by atoms with Crippen LogP contribution < -0.4 is 0 Å². The molecule has 3 nitrogen and oxygen atoms in total. The highest BCUT2D eigenvalue weighted by Gasteiger charge is 2.18. The summed E-state index contributed by atoms with van der Waals surface area (Å²) in [5.41, 5.74) is 15.5. The number of nitrogens with zero attached hydrogens (tertiary/aromatic N) is 3. The number of hydrogen-bond acceptors (Lipinski definition) is 2. The van der Waals surface area contributed by atoms with Crippen molar-refractivity contribution >= 4 is 64.9 Å². The van der Waals surface area contributed by atoms with Gasteiger partial charge in [-0.15, -0.1) is 0 Å². The molecule has 0 amide bonds. The largest absolute Gasteiger partial charge is 0.309 e. The maximum Gasteiger partial charge on any atom is 0.160 e. The molecule has 0 aliphatic carbocycles. The molecule has 0 radical (unpaired) electrons. The van der Waals surface area contributed by atoms with Crippen LogP contribution in [0, 0.1) is 0 Å². The maximum absolute atomic E-state index is 5.20. The zero-order valence-electron chi connectivity index (χ0n) is 38.7. The molecule has 0 bridgehead atoms. The lowest BCUT2D eigenvalue weighted by molar-refractivity contribution is 1.18. The molecule has 0 saturated heterocycles. The topological polar surface area (TPSA) is 30.7 Å². The van der Waals surface area contributed by atoms with E-state index in [1.54, 1.807) is 0 Å². The second-order valence-electron chi connectivity index (χ2n) is 18.5. The minimum absolute atomic E-state index is 0.698. The molecule has 0 N–H and O–H groups in total. The summed E-state index contributed by atoms with van der Waals surface area (Å²) in [6.45, 7) is 0. The minimum atomic E-state index is 0.698. The van der Waals surface area contributed by atoms with Gasteiger partial charge in [0.1, 0.15) is 0 Å². The fraction of sp³-hybridized carbons (Fsp3) is 0. The van der Waals surface area contributed by atoms with Crippen LogP contribution in [0.1, 0.15) is 0 Å². The van der Waals surface area contributed by atoms with Crippen molar-refractivity contribution in [3.63, 3.8) is 0 Å². The van der Waals surface area contributed by atoms with Crippen LogP contribution in [0.15, 0.2) is 261 Å². The van der Waals surface area contributed by atoms with Gasteiger partial charge in [-0.1, -0.05) is 218 Å². The van der Waals surface area contributed by atoms with Gasteiger partial charge in [-0.3, -0.25) is 0 Å². The summed E-state index contributed by atoms with van der Waals surface area (Å²) in [7, 11) is 0. The van der Waals surface area contributed by atoms with Crippen LogP contribution in [0.25, 0.3) is 138 Å². The first-order valence-electron chi connectivity index (χ1n) is 24.3. The van der Waals surface area contributed by atoms with Gasteiger partial charge in [0, 0.05) is 33.2 Å². The van der Waals surface area contributed by atoms with E-state index < -0.39 is 0 Å². The summed E-state index contributed by atoms with van der Waals surface area (Å²) >= 11 is 0. The van der Waals surface area contributed by atoms with E-state index in [0.717, 1.165) is 50.4 Å². The molecule has 0 unspecified atom stereocenters. The molecule has 0 saturated carbocycles. The van der Waals surface area contributed by atoms with Crippen LogP contribution >= 0.6 is 0 Å². The molecular formula is C68H43N3. The normalized spacial score (nSPS) is 11.7. The molecule has 0 atom stereocenters. The predicted octanol–water partition coefficient (Wildman–Crippen LogP) is 18.2. The Hall–Kier alpha value is -9.44. The average molecular weight is 902 g/mol. The van der Waals surface area contributed by atoms with Crippen molar-refractivity contribution in [2.45, 2.75) is 0 Å². The molecule has 71 heavy (non-hydrogen) atoms. The van der Waals surface area contributed by atoms with Gasteiger partial charge in [0.15, 0.2) is 5.82 Å². The quantitative estimate of drug-likeness (QED) is 0.118. The van der Waals surface area contributed by atoms with Crippen LogP contribution in [0.3, 0.4) is 0 Å². The van der Waals surface area contributed by atoms with E-state index in [2.05, 4.69) is 247 Å². The molecule has 0 aliphatic rings. The van der Waals surface area contributed by atoms with Gasteiger partial charge in [0.2, 0.25) is 0 Å². The molecular weight excluding hydrogens is 859 g/mol. The Kier molecular flexibility index (Phi) is 9.53. The highest BCUT2D eigenvalue weighted by atomic mass is 15.0. The van der Waals surface area contributed by atoms with Crippen molar-refractivity contribution in [1.82, 2.24) is 14.5 Å². The van der Waals surface area contributed by atoms with E-state index in [1.807, 2.05) is 18.2 Å². The van der Waals surface area contributed by atoms with Crippen LogP contribution in [-0.2, 0) is 0 Å². The number of para-hydroxylation sites is 2. The summed E-state index contributed by atoms with van der Waals surface area (Å²) in [5, 5.41) is 12.5. The standard InChI is InChI=1S/C68H43N3/c1-3-16-49(17-4-1)68-69-63(43-64(70-68)51-36-40-66-62(42-51)58-25-13-14-26-65(58)71(66)52-19-5-2-6-20-52)48-33-29-45(30-34-48)44-27-31-47(32-28-44)54-38-39-59(57-24-12-11-23-56(54)57)67-55-22-10-8-18-50(55)41-61-53-21-9-7-15-46(53)35-37-60(61)67/h1-43H. The Morgan fingerprint density at radius 1 is 0.254 bits per heavy atom. The lowest BCUT2D eigenvalue weighted by atomic mass is 9.86. The first kappa shape index (κ1) is 40.6. The Morgan fingerprint density at radius 2 is 0.789 bits per heavy atom. The molecule has 2 aromatic heterocycles. The smallest absolute Gasteiger partial charge is 0.160 e. The molecule has 330 valence electrons. The number of aromatic nitrogens is 3. The first-order chi connectivity index (χ1) is 35.2. The van der Waals surface area contributed by atoms with Crippen LogP contribution in [0.5, 0.6) is 0 Å². The van der Waals surface area contributed by atoms with Gasteiger partial charge in [-0.05, 0) is 119 Å². The van der Waals surface area contributed by atoms with E-state index in [9.17, 15) is 0 Å². The third-order valence-corrected chi connectivity index (χ3v) is 14.4. The van der Waals surface area contributed by atoms with Crippen molar-refractivity contribution in [2.75, 3.05) is 0 Å². The van der Waals surface area contributed by atoms with Crippen molar-refractivity contribution in [3.05, 3.63) is 261 Å². The summed E-state index contributed by atoms with van der Waals surface area (Å²) in [6.07, 6.45) is 0. The molecule has 0 spiro atoms. The van der Waals surface area contributed by atoms with E-state index in [0.29, 0.717) is 5.82 Å². The van der Waals surface area contributed by atoms with Gasteiger partial charge in [-0.2, -0.15) is 0 Å². The van der Waals surface area contributed by atoms with Gasteiger partial charge in [-0.25, -0.2) is 9.97 Å². The van der Waals surface area contributed by atoms with E-state index in [1.165, 1.54) is 81.6 Å². The van der Waals surface area contributed by atoms with Crippen molar-refractivity contribution in [2.24, 2.45) is 0 Å². The summed E-state index contributed by atoms with van der Waals surface area (Å²) in [5.74, 6) is 0.698. The van der Waals surface area contributed by atoms with Gasteiger partial charge in [0.05, 0.1) is 22.4 Å². The average Bonchev–Trinajstić information content (AvgIpc) is 3.78. The summed E-state index contributed by atoms with van der Waals surface area (Å²) < 4.78 is 2.35. The van der Waals surface area contributed by atoms with Gasteiger partial charge in [0.25, 0.3) is 0 Å². The van der Waals surface area contributed by atoms with Gasteiger partial charge >= 0.3 is 0 Å². The Morgan fingerprint density at radius 3 is 1.54 bits per heavy atom. The number of fused-ring (bicyclic) bond motifs is 8. The van der Waals surface area contributed by atoms with E-state index >= 15 is 0 Å². The number of rotatable bonds is 7. The SMILES string of the molecule is c1ccc(-c2nc(-c3ccc(-c4ccc(-c5ccc(-c6c7ccccc7cc7c6ccc6ccccc67)c6ccccc56)cc4)cc3)cc(-c3ccc4c(c3)c3ccccc3n4-c3ccccc3)n2)cc1. The molecule has 0 aliphatic heterocycles. The molecule has 14 aromatic rings. The van der Waals surface area contributed by atoms with Crippen LogP contribution in [0.2, 0.25) is 0 Å². The zero-order chi connectivity index (χ0) is 46.8. The van der Waals surface area contributed by atoms with Gasteiger partial charge < -0.3 is 4.57 Å². The van der Waals surface area contributed by atoms with Crippen molar-refractivity contribution < 1.29 is 0 Å². The summed E-state index contributed by atoms with van der Waals surface area (Å²) in [4.78, 5) is 10.4. The maximum atomic E-state index is 5.20. The summed E-state index contributed by atoms with van der Waals surface area (Å²) in [6, 6.07) is 94.2. The zero-order valence-corrected chi connectivity index (χ0v) is 38.7. The Bertz CT molecular complexity index is 4360. The fourth-order valence-electron chi connectivity index (χ4n) is 11.0. The predicted molar refractivity (Wildman–Crippen MR) is 299 cm³/mol. The van der Waals surface area contributed by atoms with E-state index in [-0.39, 0.29) is 0 Å². The molecule has 14 rings (SSSR count). The lowest BCUT2D eigenvalue weighted by Crippen LogP contribution is -1.96. The minimum Gasteiger partial charge on any atom is -0.309 e. The third-order valence-electron chi connectivity index (χ3n) is 14.4. The first-order valence-corrected chi connectivity index (χ1v) is 24.3. The highest BCUT2D eigenvalue weighted by Crippen LogP contribution is 2.44. The van der Waals surface area contributed by atoms with E-state index in [4.69, 9.17) is 9.97 Å².